The number of rotatable bonds is 0. The van der Waals surface area contributed by atoms with Crippen molar-refractivity contribution >= 4 is 50.8 Å². The molecular weight excluding hydrogens is 155 g/mol. The average molecular weight is 167 g/mol. The number of aromatic nitrogens is 1. The topological polar surface area (TPSA) is 4.93 Å². The zero-order valence-electron chi connectivity index (χ0n) is 8.68. The molecule has 0 bridgehead atoms. The van der Waals surface area contributed by atoms with Crippen molar-refractivity contribution in [1.29, 1.82) is 0 Å². The summed E-state index contributed by atoms with van der Waals surface area (Å²) in [7, 11) is 8.60. The van der Waals surface area contributed by atoms with E-state index in [9.17, 15) is 0 Å². The third-order valence-corrected chi connectivity index (χ3v) is 2.80. The van der Waals surface area contributed by atoms with Crippen LogP contribution in [0.2, 0.25) is 0 Å². The number of benzene rings is 1. The third kappa shape index (κ3) is 1.21. The molecule has 0 radical (unpaired) electrons. The highest BCUT2D eigenvalue weighted by Gasteiger charge is 2.03. The van der Waals surface area contributed by atoms with Gasteiger partial charge in [-0.15, -0.1) is 0 Å². The largest absolute Gasteiger partial charge is 0.351 e. The van der Waals surface area contributed by atoms with Crippen molar-refractivity contribution in [3.8, 4) is 0 Å². The van der Waals surface area contributed by atoms with Crippen LogP contribution >= 0.6 is 0 Å². The van der Waals surface area contributed by atoms with Crippen LogP contribution in [0.4, 0.5) is 0 Å². The van der Waals surface area contributed by atoms with Gasteiger partial charge < -0.3 is 4.57 Å². The first-order valence-electron chi connectivity index (χ1n) is 4.62. The van der Waals surface area contributed by atoms with Gasteiger partial charge in [-0.2, -0.15) is 0 Å². The van der Waals surface area contributed by atoms with Crippen molar-refractivity contribution in [2.75, 3.05) is 0 Å². The Hall–Kier alpha value is -1.05. The van der Waals surface area contributed by atoms with Crippen LogP contribution in [0.15, 0.2) is 18.3 Å². The molecule has 0 N–H and O–H groups in total. The van der Waals surface area contributed by atoms with Gasteiger partial charge in [0.2, 0.25) is 0 Å². The van der Waals surface area contributed by atoms with E-state index in [1.54, 1.807) is 0 Å². The second kappa shape index (κ2) is 2.73. The van der Waals surface area contributed by atoms with Gasteiger partial charge in [0.05, 0.1) is 0 Å². The van der Waals surface area contributed by atoms with E-state index in [-0.39, 0.29) is 0 Å². The molecule has 62 valence electrons. The van der Waals surface area contributed by atoms with Gasteiger partial charge in [0, 0.05) is 12.6 Å². The lowest BCUT2D eigenvalue weighted by Crippen LogP contribution is -2.25. The summed E-state index contributed by atoms with van der Waals surface area (Å²) in [5, 5.41) is 1.38. The fourth-order valence-electron chi connectivity index (χ4n) is 1.84. The van der Waals surface area contributed by atoms with Crippen LogP contribution in [-0.4, -0.2) is 28.1 Å². The van der Waals surface area contributed by atoms with E-state index >= 15 is 0 Å². The lowest BCUT2D eigenvalue weighted by atomic mass is 9.79. The predicted octanol–water partition coefficient (Wildman–Crippen LogP) is -3.05. The monoisotopic (exact) mass is 167 g/mol. The lowest BCUT2D eigenvalue weighted by molar-refractivity contribution is 0.973. The van der Waals surface area contributed by atoms with E-state index < -0.39 is 0 Å². The highest BCUT2D eigenvalue weighted by Crippen LogP contribution is 2.07. The van der Waals surface area contributed by atoms with Gasteiger partial charge in [-0.3, -0.25) is 0 Å². The molecule has 0 saturated heterocycles. The second-order valence-electron chi connectivity index (χ2n) is 3.88. The maximum atomic E-state index is 2.28. The zero-order chi connectivity index (χ0) is 9.59. The summed E-state index contributed by atoms with van der Waals surface area (Å²) in [6.45, 7) is 0. The molecule has 0 aliphatic carbocycles. The van der Waals surface area contributed by atoms with Crippen LogP contribution in [0.3, 0.4) is 0 Å². The maximum absolute atomic E-state index is 2.28. The van der Waals surface area contributed by atoms with Crippen LogP contribution in [0.25, 0.3) is 10.9 Å². The normalized spacial score (nSPS) is 10.8. The van der Waals surface area contributed by atoms with Gasteiger partial charge in [0.15, 0.2) is 0 Å². The zero-order valence-corrected chi connectivity index (χ0v) is 8.68. The Balaban J connectivity index is 2.91. The lowest BCUT2D eigenvalue weighted by Gasteiger charge is -2.02. The molecule has 0 saturated carbocycles. The summed E-state index contributed by atoms with van der Waals surface area (Å²) in [6, 6.07) is 4.54. The number of hydrogen-bond donors (Lipinski definition) is 0. The summed E-state index contributed by atoms with van der Waals surface area (Å²) < 4.78 is 2.19. The third-order valence-electron chi connectivity index (χ3n) is 2.80. The molecule has 0 spiro atoms. The minimum Gasteiger partial charge on any atom is -0.351 e. The molecule has 13 heavy (non-hydrogen) atoms. The number of hydrogen-bond acceptors (Lipinski definition) is 0. The van der Waals surface area contributed by atoms with Crippen LogP contribution in [0.5, 0.6) is 0 Å². The summed E-state index contributed by atoms with van der Waals surface area (Å²) in [5.41, 5.74) is 5.44. The fraction of sp³-hybridized carbons (Fsp3) is 0.111. The first-order valence-corrected chi connectivity index (χ1v) is 4.62. The smallest absolute Gasteiger partial charge is 0.142 e. The van der Waals surface area contributed by atoms with Crippen LogP contribution in [-0.2, 0) is 7.05 Å². The van der Waals surface area contributed by atoms with Gasteiger partial charge in [-0.1, -0.05) is 22.5 Å². The van der Waals surface area contributed by atoms with Crippen molar-refractivity contribution < 1.29 is 0 Å². The Morgan fingerprint density at radius 1 is 1.00 bits per heavy atom. The molecule has 0 atom stereocenters. The van der Waals surface area contributed by atoms with Gasteiger partial charge in [-0.25, -0.2) is 0 Å². The molecule has 1 heterocycles. The van der Waals surface area contributed by atoms with E-state index in [1.165, 1.54) is 27.3 Å². The Labute approximate surface area is 81.4 Å². The van der Waals surface area contributed by atoms with Gasteiger partial charge >= 0.3 is 0 Å². The molecule has 2 aromatic rings. The molecule has 0 unspecified atom stereocenters. The summed E-state index contributed by atoms with van der Waals surface area (Å²) in [5.74, 6) is 0. The van der Waals surface area contributed by atoms with E-state index in [0.29, 0.717) is 0 Å². The minimum absolute atomic E-state index is 1.33. The predicted molar refractivity (Wildman–Crippen MR) is 67.5 cm³/mol. The van der Waals surface area contributed by atoms with Crippen LogP contribution < -0.4 is 16.4 Å². The maximum Gasteiger partial charge on any atom is 0.142 e. The summed E-state index contributed by atoms with van der Waals surface area (Å²) in [6.07, 6.45) is 2.18. The molecule has 1 aromatic heterocycles. The van der Waals surface area contributed by atoms with Crippen molar-refractivity contribution in [1.82, 2.24) is 4.57 Å². The molecular formula is C9H12B3N. The van der Waals surface area contributed by atoms with Crippen molar-refractivity contribution in [3.63, 3.8) is 0 Å². The summed E-state index contributed by atoms with van der Waals surface area (Å²) >= 11 is 0. The first-order chi connectivity index (χ1) is 6.09. The van der Waals surface area contributed by atoms with E-state index in [1.807, 2.05) is 0 Å². The Morgan fingerprint density at radius 2 is 1.62 bits per heavy atom. The first kappa shape index (κ1) is 8.55. The SMILES string of the molecule is Bc1cc2c(B)cn(C)c2cc1B. The molecule has 0 aliphatic rings. The van der Waals surface area contributed by atoms with E-state index in [0.717, 1.165) is 0 Å². The Kier molecular flexibility index (Phi) is 1.79. The van der Waals surface area contributed by atoms with Crippen LogP contribution in [0.1, 0.15) is 0 Å². The molecule has 0 amide bonds. The standard InChI is InChI=1S/C9H12B3N/c1-13-4-8(12)5-2-6(10)7(11)3-9(5)13/h2-4H,10-12H2,1H3. The molecule has 0 aliphatic heterocycles. The molecule has 0 fully saturated rings. The van der Waals surface area contributed by atoms with E-state index in [2.05, 4.69) is 53.5 Å². The Morgan fingerprint density at radius 3 is 2.31 bits per heavy atom. The fourth-order valence-corrected chi connectivity index (χ4v) is 1.84. The number of nitrogens with zero attached hydrogens (tertiary/aromatic N) is 1. The summed E-state index contributed by atoms with van der Waals surface area (Å²) in [4.78, 5) is 0. The highest BCUT2D eigenvalue weighted by molar-refractivity contribution is 6.50. The quantitative estimate of drug-likeness (QED) is 0.367. The highest BCUT2D eigenvalue weighted by atomic mass is 14.9. The number of fused-ring (bicyclic) bond motifs is 1. The molecule has 4 heteroatoms. The molecule has 1 aromatic carbocycles. The molecule has 2 rings (SSSR count). The average Bonchev–Trinajstić information content (AvgIpc) is 2.31. The van der Waals surface area contributed by atoms with Crippen molar-refractivity contribution in [3.05, 3.63) is 18.3 Å². The Bertz CT molecular complexity index is 431. The van der Waals surface area contributed by atoms with E-state index in [4.69, 9.17) is 0 Å². The second-order valence-corrected chi connectivity index (χ2v) is 3.88. The number of aryl methyl sites for hydroxylation is 1. The molecule has 1 nitrogen and oxygen atoms in total. The van der Waals surface area contributed by atoms with Crippen molar-refractivity contribution in [2.24, 2.45) is 7.05 Å². The van der Waals surface area contributed by atoms with Crippen molar-refractivity contribution in [2.45, 2.75) is 0 Å². The van der Waals surface area contributed by atoms with Crippen LogP contribution in [0, 0.1) is 0 Å². The van der Waals surface area contributed by atoms with Gasteiger partial charge in [0.1, 0.15) is 23.5 Å². The minimum atomic E-state index is 1.33. The van der Waals surface area contributed by atoms with Gasteiger partial charge in [0.25, 0.3) is 0 Å². The van der Waals surface area contributed by atoms with Gasteiger partial charge in [-0.05, 0) is 17.6 Å².